The third kappa shape index (κ3) is 3.37. The Kier molecular flexibility index (Phi) is 4.76. The molecule has 0 spiro atoms. The summed E-state index contributed by atoms with van der Waals surface area (Å²) in [5.74, 6) is 0.788. The fraction of sp³-hybridized carbons (Fsp3) is 0.400. The van der Waals surface area contributed by atoms with Gasteiger partial charge in [0.1, 0.15) is 5.75 Å². The van der Waals surface area contributed by atoms with Gasteiger partial charge in [0.2, 0.25) is 0 Å². The Balaban J connectivity index is 1.91. The number of aromatic amines is 1. The minimum absolute atomic E-state index is 0.140. The quantitative estimate of drug-likeness (QED) is 0.755. The third-order valence-corrected chi connectivity index (χ3v) is 3.45. The first-order chi connectivity index (χ1) is 9.61. The zero-order valence-corrected chi connectivity index (χ0v) is 12.1. The molecule has 1 aromatic carbocycles. The van der Waals surface area contributed by atoms with Crippen molar-refractivity contribution in [3.05, 3.63) is 47.3 Å². The Morgan fingerprint density at radius 1 is 1.35 bits per heavy atom. The maximum absolute atomic E-state index is 10.2. The molecule has 0 aliphatic heterocycles. The van der Waals surface area contributed by atoms with Crippen LogP contribution in [-0.4, -0.2) is 29.0 Å². The maximum atomic E-state index is 10.2. The van der Waals surface area contributed by atoms with Gasteiger partial charge in [-0.3, -0.25) is 5.10 Å². The minimum atomic E-state index is -0.546. The highest BCUT2D eigenvalue weighted by atomic mass is 16.5. The molecule has 2 rings (SSSR count). The second-order valence-electron chi connectivity index (χ2n) is 4.87. The van der Waals surface area contributed by atoms with Gasteiger partial charge in [-0.1, -0.05) is 12.1 Å². The molecule has 0 aliphatic rings. The highest BCUT2D eigenvalue weighted by Crippen LogP contribution is 2.19. The van der Waals surface area contributed by atoms with Gasteiger partial charge in [-0.25, -0.2) is 0 Å². The van der Waals surface area contributed by atoms with Gasteiger partial charge in [0.15, 0.2) is 0 Å². The van der Waals surface area contributed by atoms with Gasteiger partial charge < -0.3 is 15.2 Å². The van der Waals surface area contributed by atoms with Crippen molar-refractivity contribution < 1.29 is 9.84 Å². The Hall–Kier alpha value is -1.85. The number of benzene rings is 1. The van der Waals surface area contributed by atoms with Crippen LogP contribution in [0.1, 0.15) is 35.9 Å². The van der Waals surface area contributed by atoms with Crippen LogP contribution in [0, 0.1) is 6.92 Å². The lowest BCUT2D eigenvalue weighted by atomic mass is 10.1. The van der Waals surface area contributed by atoms with Gasteiger partial charge in [-0.15, -0.1) is 0 Å². The van der Waals surface area contributed by atoms with Crippen molar-refractivity contribution in [1.29, 1.82) is 0 Å². The Morgan fingerprint density at radius 2 is 2.05 bits per heavy atom. The second kappa shape index (κ2) is 6.54. The molecule has 0 amide bonds. The summed E-state index contributed by atoms with van der Waals surface area (Å²) < 4.78 is 5.10. The van der Waals surface area contributed by atoms with E-state index < -0.39 is 6.10 Å². The number of hydrogen-bond donors (Lipinski definition) is 3. The summed E-state index contributed by atoms with van der Waals surface area (Å²) in [6, 6.07) is 7.59. The van der Waals surface area contributed by atoms with Crippen molar-refractivity contribution in [2.75, 3.05) is 13.7 Å². The van der Waals surface area contributed by atoms with Gasteiger partial charge in [-0.05, 0) is 31.5 Å². The summed E-state index contributed by atoms with van der Waals surface area (Å²) >= 11 is 0. The second-order valence-corrected chi connectivity index (χ2v) is 4.87. The third-order valence-electron chi connectivity index (χ3n) is 3.45. The minimum Gasteiger partial charge on any atom is -0.497 e. The number of nitrogens with one attached hydrogen (secondary N) is 2. The highest BCUT2D eigenvalue weighted by molar-refractivity contribution is 5.28. The molecule has 0 saturated carbocycles. The number of rotatable bonds is 6. The molecule has 0 fully saturated rings. The van der Waals surface area contributed by atoms with E-state index in [1.807, 2.05) is 37.4 Å². The van der Waals surface area contributed by atoms with Crippen LogP contribution in [0.2, 0.25) is 0 Å². The Morgan fingerprint density at radius 3 is 2.60 bits per heavy atom. The SMILES string of the molecule is COc1ccc(C(O)CNC(C)c2cn[nH]c2C)cc1. The summed E-state index contributed by atoms with van der Waals surface area (Å²) in [5, 5.41) is 20.4. The average Bonchev–Trinajstić information content (AvgIpc) is 2.90. The Labute approximate surface area is 119 Å². The van der Waals surface area contributed by atoms with Crippen LogP contribution in [0.25, 0.3) is 0 Å². The number of hydrogen-bond acceptors (Lipinski definition) is 4. The van der Waals surface area contributed by atoms with E-state index in [2.05, 4.69) is 22.4 Å². The van der Waals surface area contributed by atoms with Crippen LogP contribution in [0.4, 0.5) is 0 Å². The molecule has 5 heteroatoms. The summed E-state index contributed by atoms with van der Waals surface area (Å²) in [4.78, 5) is 0. The molecule has 0 radical (unpaired) electrons. The summed E-state index contributed by atoms with van der Waals surface area (Å²) in [6.45, 7) is 4.52. The zero-order chi connectivity index (χ0) is 14.5. The number of aliphatic hydroxyl groups excluding tert-OH is 1. The molecule has 0 saturated heterocycles. The van der Waals surface area contributed by atoms with Crippen molar-refractivity contribution in [2.45, 2.75) is 26.0 Å². The van der Waals surface area contributed by atoms with E-state index in [0.717, 1.165) is 22.6 Å². The van der Waals surface area contributed by atoms with Crippen LogP contribution in [0.3, 0.4) is 0 Å². The van der Waals surface area contributed by atoms with E-state index in [1.54, 1.807) is 7.11 Å². The lowest BCUT2D eigenvalue weighted by Gasteiger charge is -2.17. The number of aryl methyl sites for hydroxylation is 1. The molecule has 2 atom stereocenters. The molecule has 0 aliphatic carbocycles. The molecule has 2 unspecified atom stereocenters. The molecular formula is C15H21N3O2. The molecular weight excluding hydrogens is 254 g/mol. The lowest BCUT2D eigenvalue weighted by molar-refractivity contribution is 0.170. The normalized spacial score (nSPS) is 14.0. The number of aliphatic hydroxyl groups is 1. The molecule has 1 heterocycles. The molecule has 20 heavy (non-hydrogen) atoms. The Bertz CT molecular complexity index is 536. The number of aromatic nitrogens is 2. The van der Waals surface area contributed by atoms with Gasteiger partial charge in [0.25, 0.3) is 0 Å². The first-order valence-electron chi connectivity index (χ1n) is 6.67. The number of nitrogens with zero attached hydrogens (tertiary/aromatic N) is 1. The van der Waals surface area contributed by atoms with Crippen LogP contribution in [0.15, 0.2) is 30.5 Å². The number of H-pyrrole nitrogens is 1. The largest absolute Gasteiger partial charge is 0.497 e. The summed E-state index contributed by atoms with van der Waals surface area (Å²) in [6.07, 6.45) is 1.27. The monoisotopic (exact) mass is 275 g/mol. The highest BCUT2D eigenvalue weighted by Gasteiger charge is 2.13. The van der Waals surface area contributed by atoms with E-state index in [9.17, 15) is 5.11 Å². The van der Waals surface area contributed by atoms with Crippen LogP contribution in [-0.2, 0) is 0 Å². The lowest BCUT2D eigenvalue weighted by Crippen LogP contribution is -2.24. The fourth-order valence-corrected chi connectivity index (χ4v) is 2.14. The van der Waals surface area contributed by atoms with E-state index in [4.69, 9.17) is 4.74 Å². The molecule has 1 aromatic heterocycles. The summed E-state index contributed by atoms with van der Waals surface area (Å²) in [7, 11) is 1.63. The first-order valence-corrected chi connectivity index (χ1v) is 6.67. The fourth-order valence-electron chi connectivity index (χ4n) is 2.14. The van der Waals surface area contributed by atoms with Gasteiger partial charge in [0, 0.05) is 23.8 Å². The zero-order valence-electron chi connectivity index (χ0n) is 12.1. The van der Waals surface area contributed by atoms with Crippen molar-refractivity contribution in [3.63, 3.8) is 0 Å². The van der Waals surface area contributed by atoms with E-state index >= 15 is 0 Å². The predicted molar refractivity (Wildman–Crippen MR) is 77.7 cm³/mol. The van der Waals surface area contributed by atoms with E-state index in [1.165, 1.54) is 0 Å². The average molecular weight is 275 g/mol. The molecule has 2 aromatic rings. The maximum Gasteiger partial charge on any atom is 0.118 e. The van der Waals surface area contributed by atoms with E-state index in [-0.39, 0.29) is 6.04 Å². The van der Waals surface area contributed by atoms with Gasteiger partial charge in [-0.2, -0.15) is 5.10 Å². The molecule has 3 N–H and O–H groups in total. The molecule has 0 bridgehead atoms. The van der Waals surface area contributed by atoms with Crippen LogP contribution >= 0.6 is 0 Å². The van der Waals surface area contributed by atoms with Crippen molar-refractivity contribution >= 4 is 0 Å². The standard InChI is InChI=1S/C15H21N3O2/c1-10(14-8-17-18-11(14)2)16-9-15(19)12-4-6-13(20-3)7-5-12/h4-8,10,15-16,19H,9H2,1-3H3,(H,17,18). The van der Waals surface area contributed by atoms with Crippen molar-refractivity contribution in [2.24, 2.45) is 0 Å². The predicted octanol–water partition coefficient (Wildman–Crippen LogP) is 2.11. The summed E-state index contributed by atoms with van der Waals surface area (Å²) in [5.41, 5.74) is 3.03. The molecule has 5 nitrogen and oxygen atoms in total. The number of methoxy groups -OCH3 is 1. The topological polar surface area (TPSA) is 70.2 Å². The smallest absolute Gasteiger partial charge is 0.118 e. The van der Waals surface area contributed by atoms with Gasteiger partial charge >= 0.3 is 0 Å². The van der Waals surface area contributed by atoms with Gasteiger partial charge in [0.05, 0.1) is 19.4 Å². The van der Waals surface area contributed by atoms with Crippen molar-refractivity contribution in [3.8, 4) is 5.75 Å². The first kappa shape index (κ1) is 14.6. The van der Waals surface area contributed by atoms with Crippen LogP contribution in [0.5, 0.6) is 5.75 Å². The van der Waals surface area contributed by atoms with Crippen molar-refractivity contribution in [1.82, 2.24) is 15.5 Å². The number of ether oxygens (including phenoxy) is 1. The molecule has 108 valence electrons. The van der Waals surface area contributed by atoms with E-state index in [0.29, 0.717) is 6.54 Å². The van der Waals surface area contributed by atoms with Crippen LogP contribution < -0.4 is 10.1 Å².